The zero-order chi connectivity index (χ0) is 13.1. The fraction of sp³-hybridized carbons (Fsp3) is 0.385. The summed E-state index contributed by atoms with van der Waals surface area (Å²) in [6, 6.07) is 1.67. The third-order valence-electron chi connectivity index (χ3n) is 2.78. The average Bonchev–Trinajstić information content (AvgIpc) is 3.15. The molecule has 1 fully saturated rings. The minimum atomic E-state index is -0.154. The first-order chi connectivity index (χ1) is 8.61. The van der Waals surface area contributed by atoms with E-state index in [0.717, 1.165) is 4.47 Å². The number of terminal acetylenes is 1. The van der Waals surface area contributed by atoms with E-state index in [1.54, 1.807) is 17.2 Å². The van der Waals surface area contributed by atoms with E-state index in [4.69, 9.17) is 18.0 Å². The van der Waals surface area contributed by atoms with Gasteiger partial charge in [-0.3, -0.25) is 4.79 Å². The second kappa shape index (κ2) is 5.73. The van der Waals surface area contributed by atoms with Gasteiger partial charge in [0.1, 0.15) is 5.15 Å². The molecule has 0 spiro atoms. The third-order valence-corrected chi connectivity index (χ3v) is 3.52. The molecule has 3 nitrogen and oxygen atoms in total. The monoisotopic (exact) mass is 326 g/mol. The van der Waals surface area contributed by atoms with Gasteiger partial charge in [0.25, 0.3) is 5.91 Å². The van der Waals surface area contributed by atoms with Crippen LogP contribution in [-0.4, -0.2) is 28.9 Å². The number of hydrogen-bond donors (Lipinski definition) is 0. The molecule has 1 heterocycles. The lowest BCUT2D eigenvalue weighted by atomic mass is 10.2. The van der Waals surface area contributed by atoms with Gasteiger partial charge in [0.2, 0.25) is 0 Å². The van der Waals surface area contributed by atoms with E-state index in [-0.39, 0.29) is 11.1 Å². The van der Waals surface area contributed by atoms with Gasteiger partial charge < -0.3 is 4.90 Å². The number of nitrogens with zero attached hydrogens (tertiary/aromatic N) is 2. The lowest BCUT2D eigenvalue weighted by molar-refractivity contribution is 0.0769. The minimum absolute atomic E-state index is 0.154. The Hall–Kier alpha value is -1.05. The number of halogens is 2. The van der Waals surface area contributed by atoms with Gasteiger partial charge in [0.05, 0.1) is 12.1 Å². The molecule has 0 unspecified atom stereocenters. The van der Waals surface area contributed by atoms with Crippen LogP contribution in [0.3, 0.4) is 0 Å². The van der Waals surface area contributed by atoms with E-state index >= 15 is 0 Å². The molecule has 0 bridgehead atoms. The maximum absolute atomic E-state index is 12.4. The van der Waals surface area contributed by atoms with Gasteiger partial charge >= 0.3 is 0 Å². The highest BCUT2D eigenvalue weighted by molar-refractivity contribution is 9.10. The second-order valence-electron chi connectivity index (χ2n) is 4.33. The Morgan fingerprint density at radius 3 is 3.00 bits per heavy atom. The van der Waals surface area contributed by atoms with Crippen LogP contribution in [0.2, 0.25) is 5.15 Å². The molecule has 0 atom stereocenters. The average molecular weight is 328 g/mol. The lowest BCUT2D eigenvalue weighted by Crippen LogP contribution is -2.33. The van der Waals surface area contributed by atoms with Crippen molar-refractivity contribution in [2.24, 2.45) is 5.92 Å². The number of carbonyl (C=O) groups excluding carboxylic acids is 1. The maximum atomic E-state index is 12.4. The van der Waals surface area contributed by atoms with Crippen molar-refractivity contribution in [3.63, 3.8) is 0 Å². The predicted octanol–water partition coefficient (Wildman–Crippen LogP) is 2.98. The smallest absolute Gasteiger partial charge is 0.257 e. The third kappa shape index (κ3) is 3.24. The number of amides is 1. The van der Waals surface area contributed by atoms with Crippen LogP contribution in [0.5, 0.6) is 0 Å². The standard InChI is InChI=1S/C13H12BrClN2O/c1-2-5-17(8-9-3-4-9)13(18)11-6-10(14)7-16-12(11)15/h1,6-7,9H,3-5,8H2. The highest BCUT2D eigenvalue weighted by atomic mass is 79.9. The first-order valence-electron chi connectivity index (χ1n) is 5.65. The molecule has 1 aliphatic rings. The number of hydrogen-bond acceptors (Lipinski definition) is 2. The molecule has 1 saturated carbocycles. The molecule has 0 saturated heterocycles. The molecule has 0 aromatic carbocycles. The molecule has 0 aliphatic heterocycles. The van der Waals surface area contributed by atoms with Crippen molar-refractivity contribution in [1.82, 2.24) is 9.88 Å². The number of carbonyl (C=O) groups is 1. The molecule has 1 aromatic heterocycles. The Kier molecular flexibility index (Phi) is 4.26. The molecule has 1 amide bonds. The van der Waals surface area contributed by atoms with Crippen molar-refractivity contribution in [3.8, 4) is 12.3 Å². The minimum Gasteiger partial charge on any atom is -0.327 e. The Bertz CT molecular complexity index is 508. The molecule has 94 valence electrons. The van der Waals surface area contributed by atoms with Crippen molar-refractivity contribution in [2.45, 2.75) is 12.8 Å². The van der Waals surface area contributed by atoms with Gasteiger partial charge in [-0.25, -0.2) is 4.98 Å². The Balaban J connectivity index is 2.20. The lowest BCUT2D eigenvalue weighted by Gasteiger charge is -2.20. The van der Waals surface area contributed by atoms with Gasteiger partial charge in [-0.1, -0.05) is 17.5 Å². The maximum Gasteiger partial charge on any atom is 0.257 e. The highest BCUT2D eigenvalue weighted by Crippen LogP contribution is 2.30. The highest BCUT2D eigenvalue weighted by Gasteiger charge is 2.27. The van der Waals surface area contributed by atoms with Crippen molar-refractivity contribution in [1.29, 1.82) is 0 Å². The van der Waals surface area contributed by atoms with Gasteiger partial charge in [-0.15, -0.1) is 6.42 Å². The fourth-order valence-electron chi connectivity index (χ4n) is 1.68. The van der Waals surface area contributed by atoms with Crippen LogP contribution in [-0.2, 0) is 0 Å². The van der Waals surface area contributed by atoms with Crippen LogP contribution >= 0.6 is 27.5 Å². The number of aromatic nitrogens is 1. The summed E-state index contributed by atoms with van der Waals surface area (Å²) in [6.07, 6.45) is 9.20. The molecule has 2 rings (SSSR count). The molecule has 1 aliphatic carbocycles. The van der Waals surface area contributed by atoms with Crippen LogP contribution in [0, 0.1) is 18.3 Å². The molecular formula is C13H12BrClN2O. The molecule has 0 radical (unpaired) electrons. The zero-order valence-electron chi connectivity index (χ0n) is 9.70. The summed E-state index contributed by atoms with van der Waals surface area (Å²) in [4.78, 5) is 18.0. The van der Waals surface area contributed by atoms with Crippen molar-refractivity contribution in [2.75, 3.05) is 13.1 Å². The number of rotatable bonds is 4. The molecule has 5 heteroatoms. The van der Waals surface area contributed by atoms with Gasteiger partial charge in [-0.05, 0) is 40.8 Å². The van der Waals surface area contributed by atoms with E-state index in [1.165, 1.54) is 12.8 Å². The topological polar surface area (TPSA) is 33.2 Å². The van der Waals surface area contributed by atoms with Crippen molar-refractivity contribution < 1.29 is 4.79 Å². The molecule has 1 aromatic rings. The van der Waals surface area contributed by atoms with Crippen molar-refractivity contribution >= 4 is 33.4 Å². The molecule has 18 heavy (non-hydrogen) atoms. The Labute approximate surface area is 120 Å². The first kappa shape index (κ1) is 13.4. The first-order valence-corrected chi connectivity index (χ1v) is 6.82. The zero-order valence-corrected chi connectivity index (χ0v) is 12.0. The summed E-state index contributed by atoms with van der Waals surface area (Å²) in [5.74, 6) is 2.95. The summed E-state index contributed by atoms with van der Waals surface area (Å²) in [5, 5.41) is 0.209. The number of pyridine rings is 1. The van der Waals surface area contributed by atoms with Crippen molar-refractivity contribution in [3.05, 3.63) is 27.5 Å². The summed E-state index contributed by atoms with van der Waals surface area (Å²) >= 11 is 9.24. The predicted molar refractivity (Wildman–Crippen MR) is 74.4 cm³/mol. The molecule has 0 N–H and O–H groups in total. The quantitative estimate of drug-likeness (QED) is 0.629. The summed E-state index contributed by atoms with van der Waals surface area (Å²) < 4.78 is 0.724. The van der Waals surface area contributed by atoms with Gasteiger partial charge in [-0.2, -0.15) is 0 Å². The fourth-order valence-corrected chi connectivity index (χ4v) is 2.20. The van der Waals surface area contributed by atoms with Crippen LogP contribution < -0.4 is 0 Å². The van der Waals surface area contributed by atoms with E-state index in [9.17, 15) is 4.79 Å². The summed E-state index contributed by atoms with van der Waals surface area (Å²) in [6.45, 7) is 1.00. The SMILES string of the molecule is C#CCN(CC1CC1)C(=O)c1cc(Br)cnc1Cl. The molecular weight excluding hydrogens is 316 g/mol. The van der Waals surface area contributed by atoms with E-state index in [0.29, 0.717) is 24.6 Å². The van der Waals surface area contributed by atoms with Crippen LogP contribution in [0.1, 0.15) is 23.2 Å². The normalized spacial score (nSPS) is 14.1. The Morgan fingerprint density at radius 1 is 1.67 bits per heavy atom. The van der Waals surface area contributed by atoms with Gasteiger partial charge in [0.15, 0.2) is 0 Å². The summed E-state index contributed by atoms with van der Waals surface area (Å²) in [7, 11) is 0. The second-order valence-corrected chi connectivity index (χ2v) is 5.60. The largest absolute Gasteiger partial charge is 0.327 e. The summed E-state index contributed by atoms with van der Waals surface area (Å²) in [5.41, 5.74) is 0.391. The van der Waals surface area contributed by atoms with Crippen LogP contribution in [0.4, 0.5) is 0 Å². The van der Waals surface area contributed by atoms with E-state index in [2.05, 4.69) is 26.8 Å². The Morgan fingerprint density at radius 2 is 2.39 bits per heavy atom. The van der Waals surface area contributed by atoms with E-state index in [1.807, 2.05) is 0 Å². The van der Waals surface area contributed by atoms with E-state index < -0.39 is 0 Å². The van der Waals surface area contributed by atoms with Gasteiger partial charge in [0, 0.05) is 17.2 Å². The van der Waals surface area contributed by atoms with Crippen LogP contribution in [0.25, 0.3) is 0 Å². The van der Waals surface area contributed by atoms with Crippen LogP contribution in [0.15, 0.2) is 16.7 Å².